The van der Waals surface area contributed by atoms with Crippen LogP contribution < -0.4 is 10.6 Å². The van der Waals surface area contributed by atoms with Crippen LogP contribution >= 0.6 is 0 Å². The molecule has 0 saturated carbocycles. The zero-order valence-electron chi connectivity index (χ0n) is 12.6. The van der Waals surface area contributed by atoms with Gasteiger partial charge in [-0.25, -0.2) is 9.78 Å². The van der Waals surface area contributed by atoms with E-state index in [0.717, 1.165) is 11.5 Å². The molecule has 1 aromatic carbocycles. The van der Waals surface area contributed by atoms with Gasteiger partial charge in [-0.05, 0) is 31.7 Å². The second kappa shape index (κ2) is 6.90. The molecule has 3 N–H and O–H groups in total. The number of urea groups is 1. The lowest BCUT2D eigenvalue weighted by molar-refractivity contribution is 0.219. The molecule has 2 rings (SSSR count). The first-order chi connectivity index (χ1) is 10.1. The second-order valence-corrected chi connectivity index (χ2v) is 4.95. The summed E-state index contributed by atoms with van der Waals surface area (Å²) >= 11 is 0. The molecule has 0 aliphatic heterocycles. The average Bonchev–Trinajstić information content (AvgIpc) is 3.00. The van der Waals surface area contributed by atoms with Gasteiger partial charge >= 0.3 is 6.03 Å². The van der Waals surface area contributed by atoms with Crippen LogP contribution in [0.3, 0.4) is 0 Å². The molecule has 0 fully saturated rings. The van der Waals surface area contributed by atoms with Gasteiger partial charge in [0.2, 0.25) is 0 Å². The van der Waals surface area contributed by atoms with E-state index in [9.17, 15) is 4.79 Å². The molecule has 0 aliphatic carbocycles. The number of amides is 2. The molecule has 1 unspecified atom stereocenters. The highest BCUT2D eigenvalue weighted by Gasteiger charge is 2.10. The predicted molar refractivity (Wildman–Crippen MR) is 83.0 cm³/mol. The van der Waals surface area contributed by atoms with Crippen LogP contribution in [0.4, 0.5) is 10.5 Å². The highest BCUT2D eigenvalue weighted by molar-refractivity contribution is 5.89. The first-order valence-corrected chi connectivity index (χ1v) is 6.87. The molecule has 2 aromatic rings. The molecular weight excluding hydrogens is 266 g/mol. The molecule has 1 atom stereocenters. The summed E-state index contributed by atoms with van der Waals surface area (Å²) in [5.41, 5.74) is 1.96. The van der Waals surface area contributed by atoms with Gasteiger partial charge in [0.25, 0.3) is 0 Å². The number of aromatic nitrogens is 2. The summed E-state index contributed by atoms with van der Waals surface area (Å²) in [4.78, 5) is 20.7. The minimum Gasteiger partial charge on any atom is -0.347 e. The van der Waals surface area contributed by atoms with E-state index in [1.807, 2.05) is 31.3 Å². The molecule has 2 amide bonds. The fourth-order valence-electron chi connectivity index (χ4n) is 1.92. The number of hydrogen-bond acceptors (Lipinski definition) is 3. The van der Waals surface area contributed by atoms with E-state index in [-0.39, 0.29) is 12.1 Å². The zero-order chi connectivity index (χ0) is 15.2. The van der Waals surface area contributed by atoms with Crippen molar-refractivity contribution in [3.05, 3.63) is 48.0 Å². The number of benzene rings is 1. The first-order valence-electron chi connectivity index (χ1n) is 6.87. The standard InChI is InChI=1S/C15H21N5O/c1-11(16-2)12-4-6-13(7-5-12)19-15(21)20(3)10-14-17-8-9-18-14/h4-9,11,16H,10H2,1-3H3,(H,17,18)(H,19,21). The molecule has 1 aromatic heterocycles. The summed E-state index contributed by atoms with van der Waals surface area (Å²) in [6.45, 7) is 2.53. The van der Waals surface area contributed by atoms with Crippen molar-refractivity contribution in [2.24, 2.45) is 0 Å². The third-order valence-electron chi connectivity index (χ3n) is 3.38. The van der Waals surface area contributed by atoms with Crippen LogP contribution in [0.25, 0.3) is 0 Å². The van der Waals surface area contributed by atoms with Crippen LogP contribution in [0.5, 0.6) is 0 Å². The summed E-state index contributed by atoms with van der Waals surface area (Å²) in [6, 6.07) is 7.94. The Morgan fingerprint density at radius 3 is 2.67 bits per heavy atom. The number of carbonyl (C=O) groups excluding carboxylic acids is 1. The quantitative estimate of drug-likeness (QED) is 0.790. The number of imidazole rings is 1. The van der Waals surface area contributed by atoms with Crippen molar-refractivity contribution in [2.75, 3.05) is 19.4 Å². The number of nitrogens with one attached hydrogen (secondary N) is 3. The predicted octanol–water partition coefficient (Wildman–Crippen LogP) is 2.35. The average molecular weight is 287 g/mol. The Morgan fingerprint density at radius 1 is 1.38 bits per heavy atom. The van der Waals surface area contributed by atoms with Gasteiger partial charge < -0.3 is 20.5 Å². The molecule has 0 saturated heterocycles. The van der Waals surface area contributed by atoms with Gasteiger partial charge in [0.15, 0.2) is 0 Å². The van der Waals surface area contributed by atoms with Gasteiger partial charge in [-0.2, -0.15) is 0 Å². The largest absolute Gasteiger partial charge is 0.347 e. The number of aromatic amines is 1. The summed E-state index contributed by atoms with van der Waals surface area (Å²) in [7, 11) is 3.65. The van der Waals surface area contributed by atoms with Gasteiger partial charge in [-0.15, -0.1) is 0 Å². The number of H-pyrrole nitrogens is 1. The summed E-state index contributed by atoms with van der Waals surface area (Å²) in [5.74, 6) is 0.755. The lowest BCUT2D eigenvalue weighted by Gasteiger charge is -2.17. The van der Waals surface area contributed by atoms with E-state index in [2.05, 4.69) is 27.5 Å². The van der Waals surface area contributed by atoms with Crippen molar-refractivity contribution < 1.29 is 4.79 Å². The monoisotopic (exact) mass is 287 g/mol. The third kappa shape index (κ3) is 4.06. The van der Waals surface area contributed by atoms with Crippen molar-refractivity contribution >= 4 is 11.7 Å². The van der Waals surface area contributed by atoms with Crippen molar-refractivity contribution in [3.63, 3.8) is 0 Å². The third-order valence-corrected chi connectivity index (χ3v) is 3.38. The van der Waals surface area contributed by atoms with Gasteiger partial charge in [0, 0.05) is 31.2 Å². The molecule has 0 aliphatic rings. The van der Waals surface area contributed by atoms with Gasteiger partial charge in [0.05, 0.1) is 6.54 Å². The van der Waals surface area contributed by atoms with Crippen molar-refractivity contribution in [1.29, 1.82) is 0 Å². The molecule has 6 heteroatoms. The molecule has 21 heavy (non-hydrogen) atoms. The van der Waals surface area contributed by atoms with E-state index in [1.165, 1.54) is 5.56 Å². The highest BCUT2D eigenvalue weighted by Crippen LogP contribution is 2.16. The lowest BCUT2D eigenvalue weighted by Crippen LogP contribution is -2.31. The number of rotatable bonds is 5. The maximum Gasteiger partial charge on any atom is 0.321 e. The molecular formula is C15H21N5O. The number of anilines is 1. The van der Waals surface area contributed by atoms with E-state index in [4.69, 9.17) is 0 Å². The molecule has 1 heterocycles. The maximum atomic E-state index is 12.1. The van der Waals surface area contributed by atoms with Crippen LogP contribution in [0, 0.1) is 0 Å². The van der Waals surface area contributed by atoms with E-state index in [0.29, 0.717) is 6.54 Å². The smallest absolute Gasteiger partial charge is 0.321 e. The lowest BCUT2D eigenvalue weighted by atomic mass is 10.1. The van der Waals surface area contributed by atoms with Gasteiger partial charge in [-0.1, -0.05) is 12.1 Å². The molecule has 0 bridgehead atoms. The van der Waals surface area contributed by atoms with Crippen molar-refractivity contribution in [1.82, 2.24) is 20.2 Å². The summed E-state index contributed by atoms with van der Waals surface area (Å²) in [5, 5.41) is 6.04. The van der Waals surface area contributed by atoms with Crippen LogP contribution in [0.2, 0.25) is 0 Å². The first kappa shape index (κ1) is 15.1. The minimum atomic E-state index is -0.166. The Bertz CT molecular complexity index is 564. The highest BCUT2D eigenvalue weighted by atomic mass is 16.2. The zero-order valence-corrected chi connectivity index (χ0v) is 12.6. The molecule has 6 nitrogen and oxygen atoms in total. The summed E-state index contributed by atoms with van der Waals surface area (Å²) < 4.78 is 0. The van der Waals surface area contributed by atoms with E-state index in [1.54, 1.807) is 24.3 Å². The summed E-state index contributed by atoms with van der Waals surface area (Å²) in [6.07, 6.45) is 3.41. The van der Waals surface area contributed by atoms with Crippen LogP contribution in [0.1, 0.15) is 24.4 Å². The number of nitrogens with zero attached hydrogens (tertiary/aromatic N) is 2. The van der Waals surface area contributed by atoms with Gasteiger partial charge in [-0.3, -0.25) is 0 Å². The fraction of sp³-hybridized carbons (Fsp3) is 0.333. The molecule has 0 radical (unpaired) electrons. The van der Waals surface area contributed by atoms with Crippen LogP contribution in [-0.2, 0) is 6.54 Å². The van der Waals surface area contributed by atoms with Crippen LogP contribution in [-0.4, -0.2) is 35.0 Å². The Kier molecular flexibility index (Phi) is 4.94. The van der Waals surface area contributed by atoms with Crippen LogP contribution in [0.15, 0.2) is 36.7 Å². The number of hydrogen-bond donors (Lipinski definition) is 3. The van der Waals surface area contributed by atoms with E-state index < -0.39 is 0 Å². The number of carbonyl (C=O) groups is 1. The second-order valence-electron chi connectivity index (χ2n) is 4.95. The van der Waals surface area contributed by atoms with Gasteiger partial charge in [0.1, 0.15) is 5.82 Å². The molecule has 112 valence electrons. The van der Waals surface area contributed by atoms with Crippen molar-refractivity contribution in [2.45, 2.75) is 19.5 Å². The fourth-order valence-corrected chi connectivity index (χ4v) is 1.92. The van der Waals surface area contributed by atoms with E-state index >= 15 is 0 Å². The minimum absolute atomic E-state index is 0.166. The Morgan fingerprint density at radius 2 is 2.10 bits per heavy atom. The SMILES string of the molecule is CNC(C)c1ccc(NC(=O)N(C)Cc2ncc[nH]2)cc1. The Hall–Kier alpha value is -2.34. The maximum absolute atomic E-state index is 12.1. The topological polar surface area (TPSA) is 73.0 Å². The van der Waals surface area contributed by atoms with Crippen molar-refractivity contribution in [3.8, 4) is 0 Å². The Labute approximate surface area is 124 Å². The normalized spacial score (nSPS) is 12.0. The Balaban J connectivity index is 1.92. The molecule has 0 spiro atoms.